The lowest BCUT2D eigenvalue weighted by molar-refractivity contribution is -0.114. The number of thiophene rings is 1. The van der Waals surface area contributed by atoms with Crippen LogP contribution < -0.4 is 10.1 Å². The van der Waals surface area contributed by atoms with Crippen molar-refractivity contribution in [3.8, 4) is 5.75 Å². The van der Waals surface area contributed by atoms with Crippen molar-refractivity contribution in [2.24, 2.45) is 0 Å². The maximum atomic E-state index is 13.7. The van der Waals surface area contributed by atoms with Gasteiger partial charge in [0, 0.05) is 37.2 Å². The lowest BCUT2D eigenvalue weighted by Gasteiger charge is -2.25. The molecule has 0 aliphatic carbocycles. The number of anilines is 1. The Morgan fingerprint density at radius 2 is 2.21 bits per heavy atom. The maximum Gasteiger partial charge on any atom is 0.247 e. The smallest absolute Gasteiger partial charge is 0.247 e. The molecule has 0 spiro atoms. The maximum absolute atomic E-state index is 13.7. The Kier molecular flexibility index (Phi) is 7.28. The molecule has 0 radical (unpaired) electrons. The molecule has 9 heteroatoms. The summed E-state index contributed by atoms with van der Waals surface area (Å²) in [4.78, 5) is 12.4. The van der Waals surface area contributed by atoms with Crippen LogP contribution in [0.5, 0.6) is 5.75 Å². The van der Waals surface area contributed by atoms with Gasteiger partial charge in [-0.05, 0) is 49.4 Å². The van der Waals surface area contributed by atoms with Crippen molar-refractivity contribution in [3.05, 3.63) is 40.6 Å². The first kappa shape index (κ1) is 21.8. The van der Waals surface area contributed by atoms with Gasteiger partial charge in [0.25, 0.3) is 0 Å². The fourth-order valence-corrected chi connectivity index (χ4v) is 5.65. The molecular formula is C20H26N2O5S2. The van der Waals surface area contributed by atoms with Crippen LogP contribution in [0.25, 0.3) is 0 Å². The number of carbonyl (C=O) groups is 1. The quantitative estimate of drug-likeness (QED) is 0.648. The van der Waals surface area contributed by atoms with Gasteiger partial charge in [-0.1, -0.05) is 6.07 Å². The molecule has 1 N–H and O–H groups in total. The summed E-state index contributed by atoms with van der Waals surface area (Å²) < 4.78 is 40.1. The van der Waals surface area contributed by atoms with Crippen molar-refractivity contribution >= 4 is 33.0 Å². The minimum Gasteiger partial charge on any atom is -0.492 e. The van der Waals surface area contributed by atoms with E-state index in [0.717, 1.165) is 17.7 Å². The van der Waals surface area contributed by atoms with Gasteiger partial charge in [-0.15, -0.1) is 11.3 Å². The average molecular weight is 439 g/mol. The summed E-state index contributed by atoms with van der Waals surface area (Å²) in [7, 11) is -3.89. The first-order valence-electron chi connectivity index (χ1n) is 9.58. The molecule has 7 nitrogen and oxygen atoms in total. The van der Waals surface area contributed by atoms with Crippen LogP contribution in [0.3, 0.4) is 0 Å². The summed E-state index contributed by atoms with van der Waals surface area (Å²) in [5.41, 5.74) is 0.410. The first-order chi connectivity index (χ1) is 13.9. The number of hydrogen-bond donors (Lipinski definition) is 1. The predicted molar refractivity (Wildman–Crippen MR) is 113 cm³/mol. The number of benzene rings is 1. The molecule has 1 aromatic carbocycles. The van der Waals surface area contributed by atoms with Crippen LogP contribution in [0.4, 0.5) is 5.69 Å². The topological polar surface area (TPSA) is 84.9 Å². The van der Waals surface area contributed by atoms with Crippen molar-refractivity contribution < 1.29 is 22.7 Å². The standard InChI is InChI=1S/C20H26N2O5S2/c1-3-26-19-9-8-16(21-15(2)23)12-20(19)29(24,25)22(13-17-6-4-10-27-17)14-18-7-5-11-28-18/h5,7-9,11-12,17H,3-4,6,10,13-14H2,1-2H3,(H,21,23)/t17-/m1/s1. The molecule has 2 aromatic rings. The highest BCUT2D eigenvalue weighted by molar-refractivity contribution is 7.89. The SMILES string of the molecule is CCOc1ccc(NC(C)=O)cc1S(=O)(=O)N(Cc1cccs1)C[C@H]1CCCO1. The second-order valence-corrected chi connectivity index (χ2v) is 9.73. The van der Waals surface area contributed by atoms with Crippen LogP contribution in [-0.2, 0) is 26.1 Å². The molecule has 3 rings (SSSR count). The normalized spacial score (nSPS) is 16.9. The molecule has 1 fully saturated rings. The van der Waals surface area contributed by atoms with Gasteiger partial charge >= 0.3 is 0 Å². The molecule has 1 aromatic heterocycles. The monoisotopic (exact) mass is 438 g/mol. The zero-order valence-corrected chi connectivity index (χ0v) is 18.2. The number of sulfonamides is 1. The minimum absolute atomic E-state index is 0.0418. The highest BCUT2D eigenvalue weighted by Crippen LogP contribution is 2.32. The van der Waals surface area contributed by atoms with E-state index in [1.165, 1.54) is 28.6 Å². The van der Waals surface area contributed by atoms with Crippen molar-refractivity contribution in [3.63, 3.8) is 0 Å². The van der Waals surface area contributed by atoms with Gasteiger partial charge in [-0.2, -0.15) is 4.31 Å². The van der Waals surface area contributed by atoms with Gasteiger partial charge in [0.1, 0.15) is 10.6 Å². The zero-order chi connectivity index (χ0) is 20.9. The Bertz CT molecular complexity index is 922. The molecule has 0 unspecified atom stereocenters. The molecule has 1 amide bonds. The highest BCUT2D eigenvalue weighted by Gasteiger charge is 2.32. The number of rotatable bonds is 9. The van der Waals surface area contributed by atoms with Gasteiger partial charge < -0.3 is 14.8 Å². The van der Waals surface area contributed by atoms with E-state index in [1.807, 2.05) is 17.5 Å². The van der Waals surface area contributed by atoms with Gasteiger partial charge in [-0.3, -0.25) is 4.79 Å². The van der Waals surface area contributed by atoms with Crippen molar-refractivity contribution in [2.75, 3.05) is 25.1 Å². The average Bonchev–Trinajstić information content (AvgIpc) is 3.36. The third-order valence-corrected chi connectivity index (χ3v) is 7.22. The molecule has 1 aliphatic heterocycles. The number of nitrogens with one attached hydrogen (secondary N) is 1. The molecule has 1 atom stereocenters. The van der Waals surface area contributed by atoms with E-state index >= 15 is 0 Å². The second kappa shape index (κ2) is 9.71. The van der Waals surface area contributed by atoms with Gasteiger partial charge in [0.15, 0.2) is 0 Å². The summed E-state index contributed by atoms with van der Waals surface area (Å²) in [6, 6.07) is 8.49. The van der Waals surface area contributed by atoms with E-state index in [4.69, 9.17) is 9.47 Å². The van der Waals surface area contributed by atoms with E-state index in [-0.39, 0.29) is 35.7 Å². The molecule has 0 bridgehead atoms. The van der Waals surface area contributed by atoms with Crippen molar-refractivity contribution in [1.82, 2.24) is 4.31 Å². The van der Waals surface area contributed by atoms with E-state index in [2.05, 4.69) is 5.32 Å². The number of ether oxygens (including phenoxy) is 2. The fraction of sp³-hybridized carbons (Fsp3) is 0.450. The number of hydrogen-bond acceptors (Lipinski definition) is 6. The predicted octanol–water partition coefficient (Wildman–Crippen LogP) is 3.48. The fourth-order valence-electron chi connectivity index (χ4n) is 3.24. The van der Waals surface area contributed by atoms with Gasteiger partial charge in [-0.25, -0.2) is 8.42 Å². The molecule has 2 heterocycles. The Morgan fingerprint density at radius 1 is 1.38 bits per heavy atom. The third kappa shape index (κ3) is 5.57. The molecule has 1 aliphatic rings. The summed E-state index contributed by atoms with van der Waals surface area (Å²) in [6.07, 6.45) is 1.64. The van der Waals surface area contributed by atoms with Crippen molar-refractivity contribution in [1.29, 1.82) is 0 Å². The van der Waals surface area contributed by atoms with Crippen LogP contribution >= 0.6 is 11.3 Å². The first-order valence-corrected chi connectivity index (χ1v) is 11.9. The number of amides is 1. The molecule has 1 saturated heterocycles. The second-order valence-electron chi connectivity index (χ2n) is 6.79. The largest absolute Gasteiger partial charge is 0.492 e. The lowest BCUT2D eigenvalue weighted by Crippen LogP contribution is -2.37. The van der Waals surface area contributed by atoms with Crippen LogP contribution in [0.15, 0.2) is 40.6 Å². The number of carbonyl (C=O) groups excluding carboxylic acids is 1. The van der Waals surface area contributed by atoms with Crippen LogP contribution in [-0.4, -0.2) is 44.5 Å². The Balaban J connectivity index is 1.99. The zero-order valence-electron chi connectivity index (χ0n) is 16.6. The Labute approximate surface area is 175 Å². The van der Waals surface area contributed by atoms with Crippen LogP contribution in [0, 0.1) is 0 Å². The van der Waals surface area contributed by atoms with Gasteiger partial charge in [0.05, 0.1) is 12.7 Å². The van der Waals surface area contributed by atoms with E-state index in [0.29, 0.717) is 18.9 Å². The molecule has 29 heavy (non-hydrogen) atoms. The van der Waals surface area contributed by atoms with Crippen LogP contribution in [0.2, 0.25) is 0 Å². The van der Waals surface area contributed by atoms with E-state index in [9.17, 15) is 13.2 Å². The number of nitrogens with zero attached hydrogens (tertiary/aromatic N) is 1. The highest BCUT2D eigenvalue weighted by atomic mass is 32.2. The van der Waals surface area contributed by atoms with Crippen molar-refractivity contribution in [2.45, 2.75) is 44.2 Å². The Morgan fingerprint density at radius 3 is 2.83 bits per heavy atom. The molecule has 158 valence electrons. The molecular weight excluding hydrogens is 412 g/mol. The summed E-state index contributed by atoms with van der Waals surface area (Å²) >= 11 is 1.51. The third-order valence-electron chi connectivity index (χ3n) is 4.53. The molecule has 0 saturated carbocycles. The summed E-state index contributed by atoms with van der Waals surface area (Å²) in [5.74, 6) is -0.00238. The summed E-state index contributed by atoms with van der Waals surface area (Å²) in [6.45, 7) is 4.70. The Hall–Kier alpha value is -1.94. The van der Waals surface area contributed by atoms with Gasteiger partial charge in [0.2, 0.25) is 15.9 Å². The van der Waals surface area contributed by atoms with E-state index < -0.39 is 10.0 Å². The minimum atomic E-state index is -3.89. The lowest BCUT2D eigenvalue weighted by atomic mass is 10.2. The summed E-state index contributed by atoms with van der Waals surface area (Å²) in [5, 5.41) is 4.57. The van der Waals surface area contributed by atoms with Crippen LogP contribution in [0.1, 0.15) is 31.6 Å². The van der Waals surface area contributed by atoms with E-state index in [1.54, 1.807) is 19.1 Å².